The lowest BCUT2D eigenvalue weighted by molar-refractivity contribution is 0.366. The van der Waals surface area contributed by atoms with Gasteiger partial charge in [0.05, 0.1) is 7.11 Å². The van der Waals surface area contributed by atoms with Crippen LogP contribution in [0.4, 0.5) is 4.39 Å². The lowest BCUT2D eigenvalue weighted by Gasteiger charge is -2.04. The zero-order valence-electron chi connectivity index (χ0n) is 7.10. The molecule has 4 heteroatoms. The molecule has 0 radical (unpaired) electrons. The van der Waals surface area contributed by atoms with Gasteiger partial charge in [-0.1, -0.05) is 0 Å². The lowest BCUT2D eigenvalue weighted by atomic mass is 10.2. The smallest absolute Gasteiger partial charge is 0.250 e. The second kappa shape index (κ2) is 4.01. The van der Waals surface area contributed by atoms with Crippen molar-refractivity contribution in [1.82, 2.24) is 10.3 Å². The summed E-state index contributed by atoms with van der Waals surface area (Å²) in [6.45, 7) is 0.477. The standard InChI is InChI=1S/C8H11FN2O/c1-10-5-6-3-4-11-8(12-2)7(6)9/h3-4,10H,5H2,1-2H3. The van der Waals surface area contributed by atoms with Crippen molar-refractivity contribution in [1.29, 1.82) is 0 Å². The third-order valence-electron chi connectivity index (χ3n) is 1.50. The van der Waals surface area contributed by atoms with Crippen molar-refractivity contribution in [3.8, 4) is 5.88 Å². The van der Waals surface area contributed by atoms with Crippen LogP contribution in [0.15, 0.2) is 12.3 Å². The van der Waals surface area contributed by atoms with Gasteiger partial charge in [-0.25, -0.2) is 9.37 Å². The molecule has 0 saturated carbocycles. The van der Waals surface area contributed by atoms with Gasteiger partial charge in [0.25, 0.3) is 0 Å². The van der Waals surface area contributed by atoms with Crippen LogP contribution in [-0.4, -0.2) is 19.1 Å². The zero-order valence-corrected chi connectivity index (χ0v) is 7.10. The van der Waals surface area contributed by atoms with E-state index in [2.05, 4.69) is 10.3 Å². The number of nitrogens with zero attached hydrogens (tertiary/aromatic N) is 1. The van der Waals surface area contributed by atoms with Gasteiger partial charge in [-0.05, 0) is 13.1 Å². The Morgan fingerprint density at radius 1 is 1.67 bits per heavy atom. The summed E-state index contributed by atoms with van der Waals surface area (Å²) in [6, 6.07) is 1.62. The second-order valence-corrected chi connectivity index (χ2v) is 2.32. The number of hydrogen-bond acceptors (Lipinski definition) is 3. The summed E-state index contributed by atoms with van der Waals surface area (Å²) in [7, 11) is 3.15. The fraction of sp³-hybridized carbons (Fsp3) is 0.375. The van der Waals surface area contributed by atoms with Crippen LogP contribution in [0.25, 0.3) is 0 Å². The van der Waals surface area contributed by atoms with Crippen molar-refractivity contribution in [2.24, 2.45) is 0 Å². The van der Waals surface area contributed by atoms with Crippen molar-refractivity contribution in [2.45, 2.75) is 6.54 Å². The summed E-state index contributed by atoms with van der Waals surface area (Å²) in [5, 5.41) is 2.85. The molecule has 0 atom stereocenters. The predicted octanol–water partition coefficient (Wildman–Crippen LogP) is 0.949. The van der Waals surface area contributed by atoms with Crippen LogP contribution in [0.1, 0.15) is 5.56 Å². The van der Waals surface area contributed by atoms with Crippen molar-refractivity contribution in [3.63, 3.8) is 0 Å². The number of aromatic nitrogens is 1. The first kappa shape index (κ1) is 8.93. The third kappa shape index (κ3) is 1.71. The van der Waals surface area contributed by atoms with Crippen LogP contribution in [0, 0.1) is 5.82 Å². The molecule has 0 fully saturated rings. The van der Waals surface area contributed by atoms with Gasteiger partial charge in [0.2, 0.25) is 5.88 Å². The minimum absolute atomic E-state index is 0.0442. The highest BCUT2D eigenvalue weighted by atomic mass is 19.1. The van der Waals surface area contributed by atoms with E-state index in [0.717, 1.165) is 0 Å². The molecule has 1 aromatic rings. The van der Waals surface area contributed by atoms with E-state index in [1.165, 1.54) is 13.3 Å². The summed E-state index contributed by atoms with van der Waals surface area (Å²) in [5.41, 5.74) is 0.560. The van der Waals surface area contributed by atoms with Crippen molar-refractivity contribution in [2.75, 3.05) is 14.2 Å². The quantitative estimate of drug-likeness (QED) is 0.733. The molecule has 66 valence electrons. The Morgan fingerprint density at radius 2 is 2.42 bits per heavy atom. The Labute approximate surface area is 70.6 Å². The van der Waals surface area contributed by atoms with Gasteiger partial charge in [0.15, 0.2) is 5.82 Å². The number of methoxy groups -OCH3 is 1. The largest absolute Gasteiger partial charge is 0.479 e. The van der Waals surface area contributed by atoms with Crippen LogP contribution in [0.3, 0.4) is 0 Å². The number of nitrogens with one attached hydrogen (secondary N) is 1. The van der Waals surface area contributed by atoms with E-state index in [1.54, 1.807) is 13.1 Å². The molecule has 3 nitrogen and oxygen atoms in total. The van der Waals surface area contributed by atoms with Crippen LogP contribution < -0.4 is 10.1 Å². The first-order valence-corrected chi connectivity index (χ1v) is 3.61. The molecule has 1 heterocycles. The maximum absolute atomic E-state index is 13.2. The van der Waals surface area contributed by atoms with Crippen molar-refractivity contribution in [3.05, 3.63) is 23.6 Å². The molecule has 12 heavy (non-hydrogen) atoms. The minimum Gasteiger partial charge on any atom is -0.479 e. The van der Waals surface area contributed by atoms with E-state index in [9.17, 15) is 4.39 Å². The van der Waals surface area contributed by atoms with E-state index in [0.29, 0.717) is 12.1 Å². The first-order valence-electron chi connectivity index (χ1n) is 3.61. The molecule has 0 aromatic carbocycles. The van der Waals surface area contributed by atoms with Crippen molar-refractivity contribution >= 4 is 0 Å². The molecule has 0 amide bonds. The predicted molar refractivity (Wildman–Crippen MR) is 43.5 cm³/mol. The van der Waals surface area contributed by atoms with E-state index in [-0.39, 0.29) is 5.88 Å². The zero-order chi connectivity index (χ0) is 8.97. The highest BCUT2D eigenvalue weighted by Gasteiger charge is 2.07. The van der Waals surface area contributed by atoms with Gasteiger partial charge in [-0.15, -0.1) is 0 Å². The Hall–Kier alpha value is -1.16. The minimum atomic E-state index is -0.394. The Kier molecular flexibility index (Phi) is 2.99. The molecule has 1 aromatic heterocycles. The second-order valence-electron chi connectivity index (χ2n) is 2.32. The SMILES string of the molecule is CNCc1ccnc(OC)c1F. The van der Waals surface area contributed by atoms with Crippen LogP contribution in [0.2, 0.25) is 0 Å². The number of ether oxygens (including phenoxy) is 1. The van der Waals surface area contributed by atoms with Gasteiger partial charge in [-0.2, -0.15) is 0 Å². The molecular formula is C8H11FN2O. The van der Waals surface area contributed by atoms with Crippen LogP contribution in [-0.2, 0) is 6.54 Å². The molecule has 1 N–H and O–H groups in total. The molecule has 0 aliphatic heterocycles. The molecule has 0 unspecified atom stereocenters. The Bertz CT molecular complexity index is 265. The van der Waals surface area contributed by atoms with E-state index in [1.807, 2.05) is 0 Å². The van der Waals surface area contributed by atoms with Gasteiger partial charge < -0.3 is 10.1 Å². The van der Waals surface area contributed by atoms with Gasteiger partial charge in [-0.3, -0.25) is 0 Å². The average molecular weight is 170 g/mol. The van der Waals surface area contributed by atoms with E-state index in [4.69, 9.17) is 4.74 Å². The van der Waals surface area contributed by atoms with Gasteiger partial charge in [0, 0.05) is 18.3 Å². The van der Waals surface area contributed by atoms with Crippen molar-refractivity contribution < 1.29 is 9.13 Å². The summed E-state index contributed by atoms with van der Waals surface area (Å²) in [4.78, 5) is 3.71. The van der Waals surface area contributed by atoms with E-state index >= 15 is 0 Å². The first-order chi connectivity index (χ1) is 5.79. The summed E-state index contributed by atoms with van der Waals surface area (Å²) >= 11 is 0. The van der Waals surface area contributed by atoms with Gasteiger partial charge >= 0.3 is 0 Å². The van der Waals surface area contributed by atoms with Gasteiger partial charge in [0.1, 0.15) is 0 Å². The molecular weight excluding hydrogens is 159 g/mol. The highest BCUT2D eigenvalue weighted by molar-refractivity contribution is 5.23. The maximum Gasteiger partial charge on any atom is 0.250 e. The fourth-order valence-electron chi connectivity index (χ4n) is 0.931. The van der Waals surface area contributed by atoms with Crippen LogP contribution in [0.5, 0.6) is 5.88 Å². The molecule has 0 aliphatic rings. The summed E-state index contributed by atoms with van der Waals surface area (Å²) < 4.78 is 18.0. The Balaban J connectivity index is 2.97. The fourth-order valence-corrected chi connectivity index (χ4v) is 0.931. The summed E-state index contributed by atoms with van der Waals surface area (Å²) in [6.07, 6.45) is 1.52. The molecule has 0 spiro atoms. The molecule has 0 saturated heterocycles. The maximum atomic E-state index is 13.2. The van der Waals surface area contributed by atoms with Crippen LogP contribution >= 0.6 is 0 Å². The third-order valence-corrected chi connectivity index (χ3v) is 1.50. The van der Waals surface area contributed by atoms with E-state index < -0.39 is 5.82 Å². The Morgan fingerprint density at radius 3 is 3.00 bits per heavy atom. The normalized spacial score (nSPS) is 9.92. The highest BCUT2D eigenvalue weighted by Crippen LogP contribution is 2.15. The summed E-state index contributed by atoms with van der Waals surface area (Å²) in [5.74, 6) is -0.350. The molecule has 0 aliphatic carbocycles. The monoisotopic (exact) mass is 170 g/mol. The number of rotatable bonds is 3. The molecule has 0 bridgehead atoms. The number of hydrogen-bond donors (Lipinski definition) is 1. The number of pyridine rings is 1. The lowest BCUT2D eigenvalue weighted by Crippen LogP contribution is -2.08. The number of halogens is 1. The molecule has 1 rings (SSSR count). The average Bonchev–Trinajstić information content (AvgIpc) is 2.09. The topological polar surface area (TPSA) is 34.2 Å².